The van der Waals surface area contributed by atoms with Gasteiger partial charge in [-0.05, 0) is 39.2 Å². The molecule has 1 saturated heterocycles. The van der Waals surface area contributed by atoms with Crippen LogP contribution in [0.5, 0.6) is 0 Å². The Morgan fingerprint density at radius 3 is 2.85 bits per heavy atom. The molecule has 0 saturated carbocycles. The summed E-state index contributed by atoms with van der Waals surface area (Å²) >= 11 is 0. The molecule has 2 heteroatoms. The first-order valence-corrected chi connectivity index (χ1v) is 5.16. The molecule has 1 fully saturated rings. The van der Waals surface area contributed by atoms with Crippen molar-refractivity contribution >= 4 is 0 Å². The van der Waals surface area contributed by atoms with Crippen LogP contribution >= 0.6 is 0 Å². The van der Waals surface area contributed by atoms with Gasteiger partial charge in [-0.3, -0.25) is 4.90 Å². The van der Waals surface area contributed by atoms with Crippen LogP contribution < -0.4 is 5.73 Å². The van der Waals surface area contributed by atoms with Crippen LogP contribution in [0.4, 0.5) is 0 Å². The number of likely N-dealkylation sites (tertiary alicyclic amines) is 1. The fraction of sp³-hybridized carbons (Fsp3) is 0.818. The van der Waals surface area contributed by atoms with Crippen molar-refractivity contribution in [1.29, 1.82) is 0 Å². The fourth-order valence-electron chi connectivity index (χ4n) is 2.04. The van der Waals surface area contributed by atoms with E-state index in [4.69, 9.17) is 5.73 Å². The molecule has 2 nitrogen and oxygen atoms in total. The second-order valence-electron chi connectivity index (χ2n) is 4.65. The third-order valence-electron chi connectivity index (χ3n) is 3.18. The number of piperidine rings is 1. The summed E-state index contributed by atoms with van der Waals surface area (Å²) < 4.78 is 0. The Kier molecular flexibility index (Phi) is 3.51. The van der Waals surface area contributed by atoms with Crippen molar-refractivity contribution in [2.24, 2.45) is 11.7 Å². The number of hydrogen-bond acceptors (Lipinski definition) is 2. The highest BCUT2D eigenvalue weighted by Gasteiger charge is 2.32. The minimum atomic E-state index is 0.333. The molecular formula is C11H22N2. The molecule has 0 amide bonds. The van der Waals surface area contributed by atoms with Crippen LogP contribution in [-0.2, 0) is 0 Å². The van der Waals surface area contributed by atoms with Gasteiger partial charge >= 0.3 is 0 Å². The van der Waals surface area contributed by atoms with Gasteiger partial charge in [-0.25, -0.2) is 0 Å². The summed E-state index contributed by atoms with van der Waals surface area (Å²) in [5.74, 6) is 0.688. The van der Waals surface area contributed by atoms with E-state index in [0.717, 1.165) is 19.6 Å². The molecular weight excluding hydrogens is 160 g/mol. The topological polar surface area (TPSA) is 29.3 Å². The van der Waals surface area contributed by atoms with Gasteiger partial charge in [-0.2, -0.15) is 0 Å². The lowest BCUT2D eigenvalue weighted by Gasteiger charge is -2.45. The molecule has 1 heterocycles. The van der Waals surface area contributed by atoms with E-state index in [1.54, 1.807) is 0 Å². The molecule has 0 bridgehead atoms. The Morgan fingerprint density at radius 1 is 1.62 bits per heavy atom. The summed E-state index contributed by atoms with van der Waals surface area (Å²) in [6, 6.07) is 0. The summed E-state index contributed by atoms with van der Waals surface area (Å²) in [6.45, 7) is 11.4. The molecule has 1 atom stereocenters. The Balaban J connectivity index is 2.57. The second kappa shape index (κ2) is 4.25. The van der Waals surface area contributed by atoms with Crippen molar-refractivity contribution in [3.63, 3.8) is 0 Å². The lowest BCUT2D eigenvalue weighted by atomic mass is 9.85. The molecule has 76 valence electrons. The zero-order chi connectivity index (χ0) is 9.90. The van der Waals surface area contributed by atoms with E-state index in [1.165, 1.54) is 12.8 Å². The van der Waals surface area contributed by atoms with Crippen molar-refractivity contribution in [3.8, 4) is 0 Å². The van der Waals surface area contributed by atoms with Gasteiger partial charge in [0.2, 0.25) is 0 Å². The van der Waals surface area contributed by atoms with Crippen LogP contribution in [0.15, 0.2) is 12.7 Å². The van der Waals surface area contributed by atoms with E-state index in [2.05, 4.69) is 25.3 Å². The van der Waals surface area contributed by atoms with E-state index < -0.39 is 0 Å². The molecule has 2 N–H and O–H groups in total. The minimum absolute atomic E-state index is 0.333. The van der Waals surface area contributed by atoms with Gasteiger partial charge in [0.1, 0.15) is 0 Å². The predicted molar refractivity (Wildman–Crippen MR) is 57.6 cm³/mol. The molecule has 0 aliphatic carbocycles. The number of nitrogens with zero attached hydrogens (tertiary/aromatic N) is 1. The first-order valence-electron chi connectivity index (χ1n) is 5.16. The highest BCUT2D eigenvalue weighted by atomic mass is 15.2. The van der Waals surface area contributed by atoms with E-state index in [0.29, 0.717) is 11.5 Å². The van der Waals surface area contributed by atoms with E-state index in [9.17, 15) is 0 Å². The lowest BCUT2D eigenvalue weighted by Crippen LogP contribution is -2.51. The van der Waals surface area contributed by atoms with E-state index in [-0.39, 0.29) is 0 Å². The van der Waals surface area contributed by atoms with Gasteiger partial charge in [0, 0.05) is 18.6 Å². The highest BCUT2D eigenvalue weighted by Crippen LogP contribution is 2.29. The van der Waals surface area contributed by atoms with Gasteiger partial charge in [0.25, 0.3) is 0 Å². The largest absolute Gasteiger partial charge is 0.330 e. The standard InChI is InChI=1S/C11H22N2/c1-4-7-13-9-10(8-12)5-6-11(13,2)3/h4,10H,1,5-9,12H2,2-3H3. The van der Waals surface area contributed by atoms with Crippen LogP contribution in [0.25, 0.3) is 0 Å². The number of hydrogen-bond donors (Lipinski definition) is 1. The second-order valence-corrected chi connectivity index (χ2v) is 4.65. The van der Waals surface area contributed by atoms with Crippen molar-refractivity contribution in [2.45, 2.75) is 32.2 Å². The summed E-state index contributed by atoms with van der Waals surface area (Å²) in [5, 5.41) is 0. The van der Waals surface area contributed by atoms with Crippen molar-refractivity contribution < 1.29 is 0 Å². The van der Waals surface area contributed by atoms with Crippen molar-refractivity contribution in [1.82, 2.24) is 4.90 Å². The summed E-state index contributed by atoms with van der Waals surface area (Å²) in [4.78, 5) is 2.49. The van der Waals surface area contributed by atoms with E-state index in [1.807, 2.05) is 6.08 Å². The number of nitrogens with two attached hydrogens (primary N) is 1. The smallest absolute Gasteiger partial charge is 0.0166 e. The van der Waals surface area contributed by atoms with Crippen LogP contribution in [0.1, 0.15) is 26.7 Å². The van der Waals surface area contributed by atoms with Crippen molar-refractivity contribution in [2.75, 3.05) is 19.6 Å². The average molecular weight is 182 g/mol. The van der Waals surface area contributed by atoms with Gasteiger partial charge in [0.15, 0.2) is 0 Å². The molecule has 0 aromatic carbocycles. The maximum absolute atomic E-state index is 5.70. The Labute approximate surface area is 81.8 Å². The van der Waals surface area contributed by atoms with Crippen LogP contribution in [0.3, 0.4) is 0 Å². The summed E-state index contributed by atoms with van der Waals surface area (Å²) in [7, 11) is 0. The van der Waals surface area contributed by atoms with E-state index >= 15 is 0 Å². The molecule has 1 aliphatic heterocycles. The van der Waals surface area contributed by atoms with Gasteiger partial charge in [-0.1, -0.05) is 6.08 Å². The Morgan fingerprint density at radius 2 is 2.31 bits per heavy atom. The fourth-order valence-corrected chi connectivity index (χ4v) is 2.04. The molecule has 13 heavy (non-hydrogen) atoms. The molecule has 0 aromatic heterocycles. The molecule has 1 aliphatic rings. The van der Waals surface area contributed by atoms with Gasteiger partial charge in [-0.15, -0.1) is 6.58 Å². The van der Waals surface area contributed by atoms with Gasteiger partial charge in [0.05, 0.1) is 0 Å². The quantitative estimate of drug-likeness (QED) is 0.672. The van der Waals surface area contributed by atoms with Crippen LogP contribution in [0.2, 0.25) is 0 Å². The molecule has 0 aromatic rings. The average Bonchev–Trinajstić information content (AvgIpc) is 2.09. The first-order chi connectivity index (χ1) is 6.10. The third-order valence-corrected chi connectivity index (χ3v) is 3.18. The van der Waals surface area contributed by atoms with Crippen molar-refractivity contribution in [3.05, 3.63) is 12.7 Å². The molecule has 1 unspecified atom stereocenters. The normalized spacial score (nSPS) is 28.7. The molecule has 0 radical (unpaired) electrons. The van der Waals surface area contributed by atoms with Crippen LogP contribution in [-0.4, -0.2) is 30.1 Å². The summed E-state index contributed by atoms with van der Waals surface area (Å²) in [5.41, 5.74) is 6.03. The summed E-state index contributed by atoms with van der Waals surface area (Å²) in [6.07, 6.45) is 4.51. The SMILES string of the molecule is C=CCN1CC(CN)CCC1(C)C. The van der Waals surface area contributed by atoms with Crippen LogP contribution in [0, 0.1) is 5.92 Å². The Bertz CT molecular complexity index is 175. The zero-order valence-corrected chi connectivity index (χ0v) is 8.92. The van der Waals surface area contributed by atoms with Gasteiger partial charge < -0.3 is 5.73 Å². The monoisotopic (exact) mass is 182 g/mol. The lowest BCUT2D eigenvalue weighted by molar-refractivity contribution is 0.0593. The Hall–Kier alpha value is -0.340. The maximum atomic E-state index is 5.70. The molecule has 1 rings (SSSR count). The highest BCUT2D eigenvalue weighted by molar-refractivity contribution is 4.91. The zero-order valence-electron chi connectivity index (χ0n) is 8.92. The maximum Gasteiger partial charge on any atom is 0.0166 e. The first kappa shape index (κ1) is 10.7. The molecule has 0 spiro atoms. The number of rotatable bonds is 3. The minimum Gasteiger partial charge on any atom is -0.330 e. The predicted octanol–water partition coefficient (Wildman–Crippen LogP) is 1.62. The third kappa shape index (κ3) is 2.55.